The molecule has 0 aliphatic rings. The van der Waals surface area contributed by atoms with Crippen LogP contribution in [0.15, 0.2) is 24.3 Å². The molecule has 0 radical (unpaired) electrons. The molecule has 1 aromatic rings. The third-order valence-electron chi connectivity index (χ3n) is 3.35. The van der Waals surface area contributed by atoms with E-state index in [1.807, 2.05) is 0 Å². The van der Waals surface area contributed by atoms with Gasteiger partial charge in [-0.15, -0.1) is 0 Å². The van der Waals surface area contributed by atoms with Crippen molar-refractivity contribution >= 4 is 5.69 Å². The van der Waals surface area contributed by atoms with Crippen LogP contribution in [-0.4, -0.2) is 25.3 Å². The summed E-state index contributed by atoms with van der Waals surface area (Å²) < 4.78 is 0. The van der Waals surface area contributed by atoms with E-state index in [9.17, 15) is 0 Å². The molecule has 0 aliphatic heterocycles. The third kappa shape index (κ3) is 4.67. The van der Waals surface area contributed by atoms with E-state index in [0.717, 1.165) is 32.2 Å². The topological polar surface area (TPSA) is 49.5 Å². The van der Waals surface area contributed by atoms with E-state index in [4.69, 9.17) is 10.8 Å². The molecule has 0 saturated carbocycles. The van der Waals surface area contributed by atoms with Gasteiger partial charge in [-0.05, 0) is 43.4 Å². The van der Waals surface area contributed by atoms with Crippen LogP contribution in [0.1, 0.15) is 44.2 Å². The second kappa shape index (κ2) is 8.11. The first-order valence-electron chi connectivity index (χ1n) is 6.86. The molecule has 102 valence electrons. The minimum atomic E-state index is 0.147. The fourth-order valence-corrected chi connectivity index (χ4v) is 1.98. The molecular formula is C15H26N2O. The molecule has 0 unspecified atom stereocenters. The van der Waals surface area contributed by atoms with Gasteiger partial charge in [0.2, 0.25) is 0 Å². The van der Waals surface area contributed by atoms with Crippen LogP contribution in [-0.2, 0) is 0 Å². The van der Waals surface area contributed by atoms with Gasteiger partial charge in [0.1, 0.15) is 0 Å². The van der Waals surface area contributed by atoms with Gasteiger partial charge in [-0.2, -0.15) is 0 Å². The summed E-state index contributed by atoms with van der Waals surface area (Å²) in [5.74, 6) is 0. The SMILES string of the molecule is CC[C@H](N)c1ccc(N(C)CCCCCO)cc1. The van der Waals surface area contributed by atoms with Crippen LogP contribution in [0.3, 0.4) is 0 Å². The Labute approximate surface area is 111 Å². The number of aliphatic hydroxyl groups excluding tert-OH is 1. The van der Waals surface area contributed by atoms with Crippen molar-refractivity contribution in [2.24, 2.45) is 5.73 Å². The fraction of sp³-hybridized carbons (Fsp3) is 0.600. The number of anilines is 1. The Hall–Kier alpha value is -1.06. The molecule has 1 atom stereocenters. The van der Waals surface area contributed by atoms with E-state index in [2.05, 4.69) is 43.1 Å². The van der Waals surface area contributed by atoms with E-state index in [-0.39, 0.29) is 6.04 Å². The quantitative estimate of drug-likeness (QED) is 0.697. The summed E-state index contributed by atoms with van der Waals surface area (Å²) in [6.45, 7) is 3.43. The first kappa shape index (κ1) is 15.0. The smallest absolute Gasteiger partial charge is 0.0431 e. The summed E-state index contributed by atoms with van der Waals surface area (Å²) in [5, 5.41) is 8.73. The lowest BCUT2D eigenvalue weighted by molar-refractivity contribution is 0.283. The summed E-state index contributed by atoms with van der Waals surface area (Å²) in [6, 6.07) is 8.66. The van der Waals surface area contributed by atoms with Gasteiger partial charge < -0.3 is 15.7 Å². The number of benzene rings is 1. The highest BCUT2D eigenvalue weighted by molar-refractivity contribution is 5.47. The number of unbranched alkanes of at least 4 members (excludes halogenated alkanes) is 2. The van der Waals surface area contributed by atoms with E-state index >= 15 is 0 Å². The van der Waals surface area contributed by atoms with Gasteiger partial charge in [-0.25, -0.2) is 0 Å². The number of aliphatic hydroxyl groups is 1. The Kier molecular flexibility index (Phi) is 6.76. The van der Waals surface area contributed by atoms with Gasteiger partial charge in [0.05, 0.1) is 0 Å². The number of nitrogens with two attached hydrogens (primary N) is 1. The zero-order valence-corrected chi connectivity index (χ0v) is 11.6. The zero-order valence-electron chi connectivity index (χ0n) is 11.6. The molecule has 18 heavy (non-hydrogen) atoms. The summed E-state index contributed by atoms with van der Waals surface area (Å²) in [7, 11) is 2.10. The predicted molar refractivity (Wildman–Crippen MR) is 77.9 cm³/mol. The first-order chi connectivity index (χ1) is 8.69. The lowest BCUT2D eigenvalue weighted by atomic mass is 10.1. The minimum absolute atomic E-state index is 0.147. The molecule has 3 N–H and O–H groups in total. The van der Waals surface area contributed by atoms with Gasteiger partial charge in [0.25, 0.3) is 0 Å². The van der Waals surface area contributed by atoms with Crippen molar-refractivity contribution < 1.29 is 5.11 Å². The highest BCUT2D eigenvalue weighted by Gasteiger charge is 2.04. The Morgan fingerprint density at radius 3 is 2.39 bits per heavy atom. The van der Waals surface area contributed by atoms with Crippen molar-refractivity contribution in [2.75, 3.05) is 25.1 Å². The molecule has 1 aromatic carbocycles. The molecule has 0 bridgehead atoms. The molecule has 0 spiro atoms. The Bertz CT molecular complexity index is 324. The molecular weight excluding hydrogens is 224 g/mol. The lowest BCUT2D eigenvalue weighted by Crippen LogP contribution is -2.18. The van der Waals surface area contributed by atoms with E-state index in [1.165, 1.54) is 11.3 Å². The van der Waals surface area contributed by atoms with Crippen molar-refractivity contribution in [3.05, 3.63) is 29.8 Å². The van der Waals surface area contributed by atoms with Crippen LogP contribution >= 0.6 is 0 Å². The molecule has 0 heterocycles. The van der Waals surface area contributed by atoms with Crippen molar-refractivity contribution in [3.8, 4) is 0 Å². The molecule has 0 fully saturated rings. The van der Waals surface area contributed by atoms with Gasteiger partial charge in [0, 0.05) is 31.9 Å². The Morgan fingerprint density at radius 2 is 1.83 bits per heavy atom. The van der Waals surface area contributed by atoms with Crippen molar-refractivity contribution in [1.82, 2.24) is 0 Å². The summed E-state index contributed by atoms with van der Waals surface area (Å²) in [4.78, 5) is 2.25. The summed E-state index contributed by atoms with van der Waals surface area (Å²) >= 11 is 0. The number of hydrogen-bond donors (Lipinski definition) is 2. The molecule has 0 aliphatic carbocycles. The summed E-state index contributed by atoms with van der Waals surface area (Å²) in [6.07, 6.45) is 4.07. The Morgan fingerprint density at radius 1 is 1.17 bits per heavy atom. The molecule has 3 nitrogen and oxygen atoms in total. The van der Waals surface area contributed by atoms with E-state index in [0.29, 0.717) is 6.61 Å². The van der Waals surface area contributed by atoms with Crippen LogP contribution in [0.2, 0.25) is 0 Å². The standard InChI is InChI=1S/C15H26N2O/c1-3-15(16)13-7-9-14(10-8-13)17(2)11-5-4-6-12-18/h7-10,15,18H,3-6,11-12,16H2,1-2H3/t15-/m0/s1. The maximum absolute atomic E-state index is 8.73. The van der Waals surface area contributed by atoms with Crippen LogP contribution in [0.5, 0.6) is 0 Å². The number of hydrogen-bond acceptors (Lipinski definition) is 3. The van der Waals surface area contributed by atoms with Crippen molar-refractivity contribution in [3.63, 3.8) is 0 Å². The maximum Gasteiger partial charge on any atom is 0.0431 e. The maximum atomic E-state index is 8.73. The number of nitrogens with zero attached hydrogens (tertiary/aromatic N) is 1. The normalized spacial score (nSPS) is 12.4. The zero-order chi connectivity index (χ0) is 13.4. The molecule has 1 rings (SSSR count). The Balaban J connectivity index is 2.46. The monoisotopic (exact) mass is 250 g/mol. The second-order valence-corrected chi connectivity index (χ2v) is 4.81. The van der Waals surface area contributed by atoms with Crippen LogP contribution in [0.25, 0.3) is 0 Å². The van der Waals surface area contributed by atoms with Crippen LogP contribution in [0.4, 0.5) is 5.69 Å². The summed E-state index contributed by atoms with van der Waals surface area (Å²) in [5.41, 5.74) is 8.43. The fourth-order valence-electron chi connectivity index (χ4n) is 1.98. The molecule has 0 aromatic heterocycles. The van der Waals surface area contributed by atoms with Crippen LogP contribution in [0, 0.1) is 0 Å². The molecule has 3 heteroatoms. The molecule has 0 amide bonds. The van der Waals surface area contributed by atoms with Crippen molar-refractivity contribution in [1.29, 1.82) is 0 Å². The van der Waals surface area contributed by atoms with E-state index < -0.39 is 0 Å². The van der Waals surface area contributed by atoms with Crippen molar-refractivity contribution in [2.45, 2.75) is 38.6 Å². The minimum Gasteiger partial charge on any atom is -0.396 e. The van der Waals surface area contributed by atoms with Gasteiger partial charge in [-0.3, -0.25) is 0 Å². The highest BCUT2D eigenvalue weighted by atomic mass is 16.2. The molecule has 0 saturated heterocycles. The first-order valence-corrected chi connectivity index (χ1v) is 6.86. The third-order valence-corrected chi connectivity index (χ3v) is 3.35. The lowest BCUT2D eigenvalue weighted by Gasteiger charge is -2.20. The van der Waals surface area contributed by atoms with Gasteiger partial charge in [-0.1, -0.05) is 19.1 Å². The average Bonchev–Trinajstić information content (AvgIpc) is 2.42. The largest absolute Gasteiger partial charge is 0.396 e. The van der Waals surface area contributed by atoms with E-state index in [1.54, 1.807) is 0 Å². The predicted octanol–water partition coefficient (Wildman–Crippen LogP) is 2.70. The highest BCUT2D eigenvalue weighted by Crippen LogP contribution is 2.19. The number of rotatable bonds is 8. The van der Waals surface area contributed by atoms with Gasteiger partial charge >= 0.3 is 0 Å². The van der Waals surface area contributed by atoms with Crippen LogP contribution < -0.4 is 10.6 Å². The van der Waals surface area contributed by atoms with Gasteiger partial charge in [0.15, 0.2) is 0 Å². The average molecular weight is 250 g/mol. The second-order valence-electron chi connectivity index (χ2n) is 4.81.